The lowest BCUT2D eigenvalue weighted by molar-refractivity contribution is -0.114. The summed E-state index contributed by atoms with van der Waals surface area (Å²) < 4.78 is 0. The van der Waals surface area contributed by atoms with Gasteiger partial charge in [0.05, 0.1) is 11.2 Å². The van der Waals surface area contributed by atoms with E-state index >= 15 is 0 Å². The van der Waals surface area contributed by atoms with Crippen LogP contribution in [0.3, 0.4) is 0 Å². The highest BCUT2D eigenvalue weighted by Gasteiger charge is 2.05. The first-order valence-electron chi connectivity index (χ1n) is 4.95. The molecule has 0 bridgehead atoms. The first-order chi connectivity index (χ1) is 7.66. The number of rotatable bonds is 2. The first kappa shape index (κ1) is 10.8. The second kappa shape index (κ2) is 4.45. The average molecular weight is 232 g/mol. The zero-order valence-corrected chi connectivity index (χ0v) is 9.97. The predicted octanol–water partition coefficient (Wildman–Crippen LogP) is 3.08. The predicted molar refractivity (Wildman–Crippen MR) is 66.6 cm³/mol. The fourth-order valence-corrected chi connectivity index (χ4v) is 2.13. The third-order valence-corrected chi connectivity index (χ3v) is 2.96. The number of benzene rings is 1. The summed E-state index contributed by atoms with van der Waals surface area (Å²) in [6, 6.07) is 7.71. The Balaban J connectivity index is 2.36. The van der Waals surface area contributed by atoms with Crippen LogP contribution in [0.1, 0.15) is 11.8 Å². The molecule has 1 amide bonds. The Bertz CT molecular complexity index is 519. The van der Waals surface area contributed by atoms with Crippen LogP contribution < -0.4 is 5.32 Å². The summed E-state index contributed by atoms with van der Waals surface area (Å²) in [5.74, 6) is -0.0628. The number of carbonyl (C=O) groups is 1. The van der Waals surface area contributed by atoms with E-state index in [4.69, 9.17) is 0 Å². The molecule has 0 radical (unpaired) electrons. The minimum absolute atomic E-state index is 0.0628. The Kier molecular flexibility index (Phi) is 3.01. The molecule has 0 aliphatic carbocycles. The zero-order valence-electron chi connectivity index (χ0n) is 9.15. The van der Waals surface area contributed by atoms with Crippen molar-refractivity contribution in [3.63, 3.8) is 0 Å². The van der Waals surface area contributed by atoms with Crippen LogP contribution in [0.4, 0.5) is 5.69 Å². The van der Waals surface area contributed by atoms with E-state index in [1.165, 1.54) is 11.8 Å². The van der Waals surface area contributed by atoms with Gasteiger partial charge in [0.15, 0.2) is 0 Å². The Labute approximate surface area is 98.2 Å². The van der Waals surface area contributed by atoms with Gasteiger partial charge in [0.2, 0.25) is 5.91 Å². The molecule has 0 saturated carbocycles. The molecule has 4 heteroatoms. The summed E-state index contributed by atoms with van der Waals surface area (Å²) in [6.07, 6.45) is 0. The molecule has 0 spiro atoms. The molecular weight excluding hydrogens is 220 g/mol. The van der Waals surface area contributed by atoms with Crippen LogP contribution in [-0.4, -0.2) is 10.9 Å². The maximum atomic E-state index is 11.0. The van der Waals surface area contributed by atoms with Crippen molar-refractivity contribution < 1.29 is 4.79 Å². The van der Waals surface area contributed by atoms with Gasteiger partial charge in [-0.25, -0.2) is 4.98 Å². The van der Waals surface area contributed by atoms with Crippen molar-refractivity contribution in [3.05, 3.63) is 34.7 Å². The molecule has 2 rings (SSSR count). The smallest absolute Gasteiger partial charge is 0.221 e. The quantitative estimate of drug-likeness (QED) is 0.864. The van der Waals surface area contributed by atoms with E-state index in [1.54, 1.807) is 11.3 Å². The first-order valence-corrected chi connectivity index (χ1v) is 5.83. The van der Waals surface area contributed by atoms with Gasteiger partial charge < -0.3 is 5.32 Å². The molecule has 0 aliphatic heterocycles. The summed E-state index contributed by atoms with van der Waals surface area (Å²) >= 11 is 1.62. The number of anilines is 1. The third kappa shape index (κ3) is 2.28. The normalized spacial score (nSPS) is 10.1. The van der Waals surface area contributed by atoms with E-state index in [0.29, 0.717) is 0 Å². The number of thiazole rings is 1. The summed E-state index contributed by atoms with van der Waals surface area (Å²) in [5.41, 5.74) is 4.65. The molecule has 1 heterocycles. The number of hydrogen-bond acceptors (Lipinski definition) is 3. The molecular formula is C12H12N2OS. The molecule has 1 aromatic carbocycles. The number of hydrogen-bond donors (Lipinski definition) is 1. The van der Waals surface area contributed by atoms with Crippen molar-refractivity contribution in [2.45, 2.75) is 13.8 Å². The van der Waals surface area contributed by atoms with Gasteiger partial charge in [-0.3, -0.25) is 4.79 Å². The van der Waals surface area contributed by atoms with Gasteiger partial charge in [0.25, 0.3) is 0 Å². The lowest BCUT2D eigenvalue weighted by Crippen LogP contribution is -2.05. The molecule has 0 fully saturated rings. The molecule has 1 N–H and O–H groups in total. The molecule has 0 unspecified atom stereocenters. The van der Waals surface area contributed by atoms with Crippen LogP contribution in [0.15, 0.2) is 29.8 Å². The van der Waals surface area contributed by atoms with Crippen LogP contribution in [0.2, 0.25) is 0 Å². The molecule has 82 valence electrons. The molecule has 16 heavy (non-hydrogen) atoms. The fraction of sp³-hybridized carbons (Fsp3) is 0.167. The minimum Gasteiger partial charge on any atom is -0.326 e. The van der Waals surface area contributed by atoms with Gasteiger partial charge in [0, 0.05) is 23.1 Å². The highest BCUT2D eigenvalue weighted by molar-refractivity contribution is 7.10. The average Bonchev–Trinajstić information content (AvgIpc) is 2.64. The van der Waals surface area contributed by atoms with Gasteiger partial charge in [-0.2, -0.15) is 0 Å². The third-order valence-electron chi connectivity index (χ3n) is 2.20. The molecule has 2 aromatic rings. The van der Waals surface area contributed by atoms with E-state index < -0.39 is 0 Å². The maximum absolute atomic E-state index is 11.0. The van der Waals surface area contributed by atoms with Gasteiger partial charge in [-0.1, -0.05) is 12.1 Å². The van der Waals surface area contributed by atoms with E-state index in [0.717, 1.165) is 16.9 Å². The standard InChI is InChI=1S/C12H12N2OS/c1-8-12(13-7-16-8)10-4-3-5-11(6-10)14-9(2)15/h3-7H,1-2H3,(H,14,15). The van der Waals surface area contributed by atoms with Crippen molar-refractivity contribution in [3.8, 4) is 11.3 Å². The van der Waals surface area contributed by atoms with Crippen LogP contribution in [0.25, 0.3) is 11.3 Å². The zero-order chi connectivity index (χ0) is 11.5. The Hall–Kier alpha value is -1.68. The number of nitrogens with one attached hydrogen (secondary N) is 1. The van der Waals surface area contributed by atoms with Crippen LogP contribution in [0, 0.1) is 6.92 Å². The number of aryl methyl sites for hydroxylation is 1. The van der Waals surface area contributed by atoms with E-state index in [-0.39, 0.29) is 5.91 Å². The van der Waals surface area contributed by atoms with Gasteiger partial charge in [-0.15, -0.1) is 11.3 Å². The van der Waals surface area contributed by atoms with Crippen LogP contribution >= 0.6 is 11.3 Å². The monoisotopic (exact) mass is 232 g/mol. The second-order valence-electron chi connectivity index (χ2n) is 3.52. The second-order valence-corrected chi connectivity index (χ2v) is 4.58. The largest absolute Gasteiger partial charge is 0.326 e. The van der Waals surface area contributed by atoms with Crippen molar-refractivity contribution in [2.75, 3.05) is 5.32 Å². The molecule has 0 atom stereocenters. The molecule has 1 aromatic heterocycles. The SMILES string of the molecule is CC(=O)Nc1cccc(-c2ncsc2C)c1. The summed E-state index contributed by atoms with van der Waals surface area (Å²) in [4.78, 5) is 16.4. The number of nitrogens with zero attached hydrogens (tertiary/aromatic N) is 1. The number of aromatic nitrogens is 1. The van der Waals surface area contributed by atoms with Crippen molar-refractivity contribution >= 4 is 22.9 Å². The van der Waals surface area contributed by atoms with Gasteiger partial charge in [-0.05, 0) is 19.1 Å². The Morgan fingerprint density at radius 3 is 2.88 bits per heavy atom. The number of amides is 1. The van der Waals surface area contributed by atoms with Crippen LogP contribution in [0.5, 0.6) is 0 Å². The molecule has 0 aliphatic rings. The van der Waals surface area contributed by atoms with Crippen molar-refractivity contribution in [2.24, 2.45) is 0 Å². The highest BCUT2D eigenvalue weighted by Crippen LogP contribution is 2.26. The number of carbonyl (C=O) groups excluding carboxylic acids is 1. The van der Waals surface area contributed by atoms with Crippen molar-refractivity contribution in [1.82, 2.24) is 4.98 Å². The maximum Gasteiger partial charge on any atom is 0.221 e. The Morgan fingerprint density at radius 2 is 2.25 bits per heavy atom. The highest BCUT2D eigenvalue weighted by atomic mass is 32.1. The summed E-state index contributed by atoms with van der Waals surface area (Å²) in [6.45, 7) is 3.54. The van der Waals surface area contributed by atoms with Gasteiger partial charge >= 0.3 is 0 Å². The van der Waals surface area contributed by atoms with E-state index in [9.17, 15) is 4.79 Å². The molecule has 3 nitrogen and oxygen atoms in total. The van der Waals surface area contributed by atoms with Crippen LogP contribution in [-0.2, 0) is 4.79 Å². The Morgan fingerprint density at radius 1 is 1.44 bits per heavy atom. The van der Waals surface area contributed by atoms with E-state index in [2.05, 4.69) is 10.3 Å². The lowest BCUT2D eigenvalue weighted by Gasteiger charge is -2.04. The van der Waals surface area contributed by atoms with Crippen molar-refractivity contribution in [1.29, 1.82) is 0 Å². The summed E-state index contributed by atoms with van der Waals surface area (Å²) in [5, 5.41) is 2.76. The summed E-state index contributed by atoms with van der Waals surface area (Å²) in [7, 11) is 0. The minimum atomic E-state index is -0.0628. The fourth-order valence-electron chi connectivity index (χ4n) is 1.53. The lowest BCUT2D eigenvalue weighted by atomic mass is 10.1. The topological polar surface area (TPSA) is 42.0 Å². The molecule has 0 saturated heterocycles. The van der Waals surface area contributed by atoms with Gasteiger partial charge in [0.1, 0.15) is 0 Å². The van der Waals surface area contributed by atoms with E-state index in [1.807, 2.05) is 36.7 Å².